The molecule has 0 fully saturated rings. The van der Waals surface area contributed by atoms with E-state index < -0.39 is 18.3 Å². The molecule has 0 aromatic carbocycles. The van der Waals surface area contributed by atoms with Crippen molar-refractivity contribution in [2.45, 2.75) is 12.3 Å². The predicted octanol–water partition coefficient (Wildman–Crippen LogP) is -0.0533. The Kier molecular flexibility index (Phi) is 2.23. The normalized spacial score (nSPS) is 22.7. The van der Waals surface area contributed by atoms with Crippen LogP contribution in [0, 0.1) is 0 Å². The first-order valence-corrected chi connectivity index (χ1v) is 5.16. The molecule has 0 bridgehead atoms. The van der Waals surface area contributed by atoms with Crippen LogP contribution in [0.4, 0.5) is 5.82 Å². The summed E-state index contributed by atoms with van der Waals surface area (Å²) < 4.78 is 6.93. The Labute approximate surface area is 101 Å². The maximum atomic E-state index is 10.8. The highest BCUT2D eigenvalue weighted by atomic mass is 16.5. The molecule has 0 unspecified atom stereocenters. The van der Waals surface area contributed by atoms with Crippen molar-refractivity contribution in [3.8, 4) is 0 Å². The second-order valence-corrected chi connectivity index (χ2v) is 3.75. The zero-order valence-electron chi connectivity index (χ0n) is 9.09. The number of hydrogen-bond donors (Lipinski definition) is 2. The van der Waals surface area contributed by atoms with Gasteiger partial charge in [0.1, 0.15) is 11.8 Å². The Morgan fingerprint density at radius 2 is 2.22 bits per heavy atom. The molecule has 2 aromatic heterocycles. The monoisotopic (exact) mass is 247 g/mol. The van der Waals surface area contributed by atoms with E-state index in [4.69, 9.17) is 15.6 Å². The summed E-state index contributed by atoms with van der Waals surface area (Å²) in [6.07, 6.45) is 4.43. The molecule has 8 nitrogen and oxygen atoms in total. The molecule has 3 N–H and O–H groups in total. The lowest BCUT2D eigenvalue weighted by atomic mass is 10.3. The van der Waals surface area contributed by atoms with Crippen LogP contribution in [-0.4, -0.2) is 36.7 Å². The molecule has 0 spiro atoms. The molecule has 0 saturated heterocycles. The number of fused-ring (bicyclic) bond motifs is 1. The number of aliphatic carboxylic acids is 1. The zero-order valence-corrected chi connectivity index (χ0v) is 9.09. The topological polar surface area (TPSA) is 116 Å². The summed E-state index contributed by atoms with van der Waals surface area (Å²) in [6.45, 7) is 0. The van der Waals surface area contributed by atoms with Gasteiger partial charge < -0.3 is 15.6 Å². The highest BCUT2D eigenvalue weighted by Crippen LogP contribution is 2.25. The van der Waals surface area contributed by atoms with Gasteiger partial charge in [0.05, 0.1) is 6.33 Å². The summed E-state index contributed by atoms with van der Waals surface area (Å²) in [7, 11) is 0. The highest BCUT2D eigenvalue weighted by molar-refractivity contribution is 5.81. The third-order valence-corrected chi connectivity index (χ3v) is 2.64. The van der Waals surface area contributed by atoms with Crippen molar-refractivity contribution in [3.63, 3.8) is 0 Å². The Morgan fingerprint density at radius 1 is 1.39 bits per heavy atom. The Bertz CT molecular complexity index is 650. The summed E-state index contributed by atoms with van der Waals surface area (Å²) in [5, 5.41) is 8.84. The van der Waals surface area contributed by atoms with E-state index in [1.54, 1.807) is 10.6 Å². The van der Waals surface area contributed by atoms with Crippen LogP contribution in [0.3, 0.4) is 0 Å². The van der Waals surface area contributed by atoms with Gasteiger partial charge in [0.2, 0.25) is 0 Å². The summed E-state index contributed by atoms with van der Waals surface area (Å²) in [4.78, 5) is 22.8. The fourth-order valence-corrected chi connectivity index (χ4v) is 1.79. The van der Waals surface area contributed by atoms with Crippen molar-refractivity contribution in [3.05, 3.63) is 24.8 Å². The summed E-state index contributed by atoms with van der Waals surface area (Å²) in [6, 6.07) is 0. The van der Waals surface area contributed by atoms with E-state index in [1.807, 2.05) is 0 Å². The minimum atomic E-state index is -1.03. The number of imidazole rings is 1. The first kappa shape index (κ1) is 10.7. The molecule has 0 saturated carbocycles. The number of nitrogen functional groups attached to an aromatic ring is 1. The van der Waals surface area contributed by atoms with Crippen molar-refractivity contribution < 1.29 is 14.6 Å². The van der Waals surface area contributed by atoms with Crippen LogP contribution in [0.25, 0.3) is 11.2 Å². The Hall–Kier alpha value is -2.48. The van der Waals surface area contributed by atoms with Crippen LogP contribution in [0.5, 0.6) is 0 Å². The van der Waals surface area contributed by atoms with Crippen LogP contribution in [0.1, 0.15) is 6.23 Å². The number of hydrogen-bond acceptors (Lipinski definition) is 6. The van der Waals surface area contributed by atoms with Crippen molar-refractivity contribution >= 4 is 23.0 Å². The van der Waals surface area contributed by atoms with Gasteiger partial charge in [-0.2, -0.15) is 0 Å². The number of nitrogens with two attached hydrogens (primary N) is 1. The lowest BCUT2D eigenvalue weighted by Crippen LogP contribution is -2.20. The smallest absolute Gasteiger partial charge is 0.336 e. The van der Waals surface area contributed by atoms with Gasteiger partial charge in [-0.3, -0.25) is 4.57 Å². The van der Waals surface area contributed by atoms with Crippen molar-refractivity contribution in [1.29, 1.82) is 0 Å². The molecule has 1 aliphatic heterocycles. The SMILES string of the molecule is Nc1ncnc2c1ncn2[C@H]1C=C[C@@H](C(=O)O)O1. The number of carboxylic acids is 1. The van der Waals surface area contributed by atoms with Gasteiger partial charge in [-0.25, -0.2) is 19.7 Å². The minimum absolute atomic E-state index is 0.274. The van der Waals surface area contributed by atoms with Crippen molar-refractivity contribution in [2.75, 3.05) is 5.73 Å². The third kappa shape index (κ3) is 1.51. The maximum absolute atomic E-state index is 10.8. The summed E-state index contributed by atoms with van der Waals surface area (Å²) >= 11 is 0. The number of carbonyl (C=O) groups is 1. The molecule has 2 aromatic rings. The number of rotatable bonds is 2. The van der Waals surface area contributed by atoms with Crippen LogP contribution < -0.4 is 5.73 Å². The van der Waals surface area contributed by atoms with Crippen molar-refractivity contribution in [1.82, 2.24) is 19.5 Å². The average molecular weight is 247 g/mol. The molecule has 92 valence electrons. The molecule has 8 heteroatoms. The van der Waals surface area contributed by atoms with Crippen LogP contribution in [0.2, 0.25) is 0 Å². The second-order valence-electron chi connectivity index (χ2n) is 3.75. The Balaban J connectivity index is 2.00. The second kappa shape index (κ2) is 3.77. The Morgan fingerprint density at radius 3 is 2.94 bits per heavy atom. The van der Waals surface area contributed by atoms with E-state index in [-0.39, 0.29) is 5.82 Å². The van der Waals surface area contributed by atoms with E-state index in [2.05, 4.69) is 15.0 Å². The molecular weight excluding hydrogens is 238 g/mol. The molecule has 0 amide bonds. The van der Waals surface area contributed by atoms with E-state index in [0.717, 1.165) is 0 Å². The van der Waals surface area contributed by atoms with E-state index >= 15 is 0 Å². The number of nitrogens with zero attached hydrogens (tertiary/aromatic N) is 4. The minimum Gasteiger partial charge on any atom is -0.479 e. The molecule has 3 heterocycles. The van der Waals surface area contributed by atoms with Gasteiger partial charge in [0.15, 0.2) is 23.8 Å². The first-order chi connectivity index (χ1) is 8.66. The summed E-state index contributed by atoms with van der Waals surface area (Å²) in [5.74, 6) is -0.761. The van der Waals surface area contributed by atoms with Gasteiger partial charge in [0, 0.05) is 0 Å². The van der Waals surface area contributed by atoms with E-state index in [1.165, 1.54) is 18.7 Å². The molecule has 1 aliphatic rings. The van der Waals surface area contributed by atoms with Gasteiger partial charge >= 0.3 is 5.97 Å². The predicted molar refractivity (Wildman–Crippen MR) is 60.4 cm³/mol. The fourth-order valence-electron chi connectivity index (χ4n) is 1.79. The van der Waals surface area contributed by atoms with E-state index in [9.17, 15) is 4.79 Å². The van der Waals surface area contributed by atoms with Crippen LogP contribution in [0.15, 0.2) is 24.8 Å². The number of aromatic nitrogens is 4. The highest BCUT2D eigenvalue weighted by Gasteiger charge is 2.27. The third-order valence-electron chi connectivity index (χ3n) is 2.64. The van der Waals surface area contributed by atoms with Gasteiger partial charge in [-0.1, -0.05) is 0 Å². The maximum Gasteiger partial charge on any atom is 0.336 e. The standard InChI is InChI=1S/C10H9N5O3/c11-8-7-9(13-3-12-8)15(4-14-7)6-2-1-5(18-6)10(16)17/h1-6H,(H,16,17)(H2,11,12,13)/t5-,6+/m0/s1. The number of carboxylic acid groups (broad SMARTS) is 1. The molecular formula is C10H9N5O3. The van der Waals surface area contributed by atoms with Gasteiger partial charge in [0.25, 0.3) is 0 Å². The lowest BCUT2D eigenvalue weighted by Gasteiger charge is -2.12. The van der Waals surface area contributed by atoms with Crippen LogP contribution in [-0.2, 0) is 9.53 Å². The molecule has 18 heavy (non-hydrogen) atoms. The van der Waals surface area contributed by atoms with E-state index in [0.29, 0.717) is 11.2 Å². The number of ether oxygens (including phenoxy) is 1. The average Bonchev–Trinajstić information content (AvgIpc) is 2.94. The van der Waals surface area contributed by atoms with Gasteiger partial charge in [-0.15, -0.1) is 0 Å². The quantitative estimate of drug-likeness (QED) is 0.714. The van der Waals surface area contributed by atoms with Crippen LogP contribution >= 0.6 is 0 Å². The molecule has 0 aliphatic carbocycles. The lowest BCUT2D eigenvalue weighted by molar-refractivity contribution is -0.149. The summed E-state index contributed by atoms with van der Waals surface area (Å²) in [5.41, 5.74) is 6.63. The van der Waals surface area contributed by atoms with Crippen molar-refractivity contribution in [2.24, 2.45) is 0 Å². The fraction of sp³-hybridized carbons (Fsp3) is 0.200. The van der Waals surface area contributed by atoms with Gasteiger partial charge in [-0.05, 0) is 12.2 Å². The molecule has 0 radical (unpaired) electrons. The first-order valence-electron chi connectivity index (χ1n) is 5.16. The largest absolute Gasteiger partial charge is 0.479 e. The molecule has 3 rings (SSSR count). The molecule has 2 atom stereocenters. The number of anilines is 1. The zero-order chi connectivity index (χ0) is 12.7.